The number of aromatic hydroxyl groups is 1. The second kappa shape index (κ2) is 8.94. The van der Waals surface area contributed by atoms with Gasteiger partial charge in [0.25, 0.3) is 0 Å². The van der Waals surface area contributed by atoms with Gasteiger partial charge < -0.3 is 9.84 Å². The lowest BCUT2D eigenvalue weighted by Gasteiger charge is -2.18. The van der Waals surface area contributed by atoms with Crippen molar-refractivity contribution in [1.29, 1.82) is 0 Å². The average molecular weight is 479 g/mol. The third-order valence-corrected chi connectivity index (χ3v) is 6.06. The molecule has 31 heavy (non-hydrogen) atoms. The standard InChI is InChI=1S/C25H23BrN2O3/c1-2-31-22-14-20(26)13-17(23(22)29)16-27-28-24(30)21-15-25(21,18-9-5-3-6-10-18)19-11-7-4-8-12-19/h3-14,16,21,29H,2,15H2,1H3,(H,28,30)/b27-16+/t21-/m1/s1. The smallest absolute Gasteiger partial charge is 0.244 e. The third-order valence-electron chi connectivity index (χ3n) is 5.60. The minimum Gasteiger partial charge on any atom is -0.504 e. The molecule has 3 aromatic rings. The molecule has 5 nitrogen and oxygen atoms in total. The van der Waals surface area contributed by atoms with Gasteiger partial charge in [-0.2, -0.15) is 5.10 Å². The molecule has 0 aromatic heterocycles. The first-order valence-electron chi connectivity index (χ1n) is 10.2. The number of carbonyl (C=O) groups is 1. The molecule has 0 unspecified atom stereocenters. The zero-order valence-corrected chi connectivity index (χ0v) is 18.7. The van der Waals surface area contributed by atoms with E-state index in [1.54, 1.807) is 12.1 Å². The van der Waals surface area contributed by atoms with Gasteiger partial charge in [-0.05, 0) is 36.6 Å². The van der Waals surface area contributed by atoms with Crippen LogP contribution in [0.4, 0.5) is 0 Å². The topological polar surface area (TPSA) is 70.9 Å². The van der Waals surface area contributed by atoms with Crippen LogP contribution in [-0.4, -0.2) is 23.8 Å². The van der Waals surface area contributed by atoms with Gasteiger partial charge in [-0.15, -0.1) is 0 Å². The Morgan fingerprint density at radius 3 is 2.35 bits per heavy atom. The number of phenols is 1. The van der Waals surface area contributed by atoms with Crippen LogP contribution in [0.3, 0.4) is 0 Å². The first-order chi connectivity index (χ1) is 15.1. The Morgan fingerprint density at radius 2 is 1.77 bits per heavy atom. The highest BCUT2D eigenvalue weighted by Gasteiger charge is 2.60. The van der Waals surface area contributed by atoms with Crippen LogP contribution in [0, 0.1) is 5.92 Å². The molecule has 1 aliphatic carbocycles. The van der Waals surface area contributed by atoms with Crippen LogP contribution in [0.25, 0.3) is 0 Å². The summed E-state index contributed by atoms with van der Waals surface area (Å²) in [4.78, 5) is 13.0. The molecule has 4 rings (SSSR count). The van der Waals surface area contributed by atoms with Crippen LogP contribution >= 0.6 is 15.9 Å². The maximum Gasteiger partial charge on any atom is 0.244 e. The molecule has 3 aromatic carbocycles. The van der Waals surface area contributed by atoms with Crippen molar-refractivity contribution in [2.24, 2.45) is 11.0 Å². The predicted molar refractivity (Wildman–Crippen MR) is 124 cm³/mol. The summed E-state index contributed by atoms with van der Waals surface area (Å²) in [7, 11) is 0. The van der Waals surface area contributed by atoms with Gasteiger partial charge in [0.2, 0.25) is 5.91 Å². The molecular formula is C25H23BrN2O3. The van der Waals surface area contributed by atoms with E-state index < -0.39 is 0 Å². The monoisotopic (exact) mass is 478 g/mol. The van der Waals surface area contributed by atoms with Gasteiger partial charge in [0.1, 0.15) is 0 Å². The highest BCUT2D eigenvalue weighted by Crippen LogP contribution is 2.58. The van der Waals surface area contributed by atoms with Gasteiger partial charge in [-0.25, -0.2) is 5.43 Å². The number of hydrogen-bond donors (Lipinski definition) is 2. The summed E-state index contributed by atoms with van der Waals surface area (Å²) in [6, 6.07) is 23.6. The quantitative estimate of drug-likeness (QED) is 0.370. The SMILES string of the molecule is CCOc1cc(Br)cc(/C=N/NC(=O)[C@H]2CC2(c2ccccc2)c2ccccc2)c1O. The lowest BCUT2D eigenvalue weighted by atomic mass is 9.85. The Labute approximate surface area is 189 Å². The van der Waals surface area contributed by atoms with E-state index in [0.29, 0.717) is 17.9 Å². The Kier molecular flexibility index (Phi) is 6.09. The minimum atomic E-state index is -0.345. The normalized spacial score (nSPS) is 16.8. The summed E-state index contributed by atoms with van der Waals surface area (Å²) in [5.41, 5.74) is 5.00. The second-order valence-corrected chi connectivity index (χ2v) is 8.38. The number of nitrogens with zero attached hydrogens (tertiary/aromatic N) is 1. The van der Waals surface area contributed by atoms with Crippen LogP contribution in [0.2, 0.25) is 0 Å². The van der Waals surface area contributed by atoms with Gasteiger partial charge in [-0.3, -0.25) is 4.79 Å². The summed E-state index contributed by atoms with van der Waals surface area (Å²) in [6.45, 7) is 2.27. The molecule has 0 saturated heterocycles. The molecule has 0 aliphatic heterocycles. The van der Waals surface area contributed by atoms with Crippen molar-refractivity contribution in [2.75, 3.05) is 6.61 Å². The number of halogens is 1. The van der Waals surface area contributed by atoms with Crippen molar-refractivity contribution >= 4 is 28.1 Å². The minimum absolute atomic E-state index is 0.0163. The van der Waals surface area contributed by atoms with Crippen molar-refractivity contribution in [1.82, 2.24) is 5.43 Å². The summed E-state index contributed by atoms with van der Waals surface area (Å²) in [5, 5.41) is 14.5. The molecule has 6 heteroatoms. The van der Waals surface area contributed by atoms with Crippen molar-refractivity contribution in [3.8, 4) is 11.5 Å². The third kappa shape index (κ3) is 4.21. The number of benzene rings is 3. The fourth-order valence-corrected chi connectivity index (χ4v) is 4.51. The Morgan fingerprint density at radius 1 is 1.16 bits per heavy atom. The molecule has 0 radical (unpaired) electrons. The van der Waals surface area contributed by atoms with E-state index in [1.807, 2.05) is 43.3 Å². The number of ether oxygens (including phenoxy) is 1. The lowest BCUT2D eigenvalue weighted by molar-refractivity contribution is -0.122. The predicted octanol–water partition coefficient (Wildman–Crippen LogP) is 5.01. The maximum absolute atomic E-state index is 13.0. The fourth-order valence-electron chi connectivity index (χ4n) is 4.06. The van der Waals surface area contributed by atoms with E-state index in [4.69, 9.17) is 4.74 Å². The molecule has 1 saturated carbocycles. The highest BCUT2D eigenvalue weighted by atomic mass is 79.9. The van der Waals surface area contributed by atoms with Gasteiger partial charge in [0.15, 0.2) is 11.5 Å². The zero-order valence-electron chi connectivity index (χ0n) is 17.1. The van der Waals surface area contributed by atoms with E-state index in [9.17, 15) is 9.90 Å². The van der Waals surface area contributed by atoms with Gasteiger partial charge in [0.05, 0.1) is 18.7 Å². The first-order valence-corrected chi connectivity index (χ1v) is 10.9. The van der Waals surface area contributed by atoms with Gasteiger partial charge >= 0.3 is 0 Å². The molecular weight excluding hydrogens is 456 g/mol. The van der Waals surface area contributed by atoms with Crippen molar-refractivity contribution in [2.45, 2.75) is 18.8 Å². The molecule has 0 bridgehead atoms. The number of hydrazone groups is 1. The van der Waals surface area contributed by atoms with Gasteiger partial charge in [0, 0.05) is 15.5 Å². The molecule has 1 atom stereocenters. The molecule has 1 amide bonds. The fraction of sp³-hybridized carbons (Fsp3) is 0.200. The number of hydrogen-bond acceptors (Lipinski definition) is 4. The average Bonchev–Trinajstić information content (AvgIpc) is 3.55. The molecule has 0 spiro atoms. The molecule has 2 N–H and O–H groups in total. The van der Waals surface area contributed by atoms with E-state index in [1.165, 1.54) is 6.21 Å². The zero-order chi connectivity index (χ0) is 21.8. The van der Waals surface area contributed by atoms with E-state index in [2.05, 4.69) is 50.7 Å². The van der Waals surface area contributed by atoms with Crippen molar-refractivity contribution in [3.05, 3.63) is 94.0 Å². The number of nitrogens with one attached hydrogen (secondary N) is 1. The molecule has 0 heterocycles. The van der Waals surface area contributed by atoms with Crippen molar-refractivity contribution < 1.29 is 14.6 Å². The van der Waals surface area contributed by atoms with Crippen LogP contribution < -0.4 is 10.2 Å². The summed E-state index contributed by atoms with van der Waals surface area (Å²) in [6.07, 6.45) is 2.15. The first kappa shape index (κ1) is 21.1. The number of rotatable bonds is 7. The van der Waals surface area contributed by atoms with Crippen LogP contribution in [0.15, 0.2) is 82.4 Å². The molecule has 1 fully saturated rings. The van der Waals surface area contributed by atoms with Crippen LogP contribution in [0.5, 0.6) is 11.5 Å². The number of phenolic OH excluding ortho intramolecular Hbond substituents is 1. The molecule has 158 valence electrons. The van der Waals surface area contributed by atoms with Crippen LogP contribution in [-0.2, 0) is 10.2 Å². The Bertz CT molecular complexity index is 1060. The summed E-state index contributed by atoms with van der Waals surface area (Å²) >= 11 is 3.40. The largest absolute Gasteiger partial charge is 0.504 e. The second-order valence-electron chi connectivity index (χ2n) is 7.47. The van der Waals surface area contributed by atoms with Gasteiger partial charge in [-0.1, -0.05) is 76.6 Å². The van der Waals surface area contributed by atoms with E-state index in [-0.39, 0.29) is 23.0 Å². The molecule has 1 aliphatic rings. The summed E-state index contributed by atoms with van der Waals surface area (Å²) < 4.78 is 6.18. The Balaban J connectivity index is 1.53. The van der Waals surface area contributed by atoms with Crippen molar-refractivity contribution in [3.63, 3.8) is 0 Å². The van der Waals surface area contributed by atoms with E-state index in [0.717, 1.165) is 22.0 Å². The summed E-state index contributed by atoms with van der Waals surface area (Å²) in [5.74, 6) is -0.0237. The number of amides is 1. The number of carbonyl (C=O) groups excluding carboxylic acids is 1. The lowest BCUT2D eigenvalue weighted by Crippen LogP contribution is -2.25. The van der Waals surface area contributed by atoms with Crippen LogP contribution in [0.1, 0.15) is 30.0 Å². The maximum atomic E-state index is 13.0. The highest BCUT2D eigenvalue weighted by molar-refractivity contribution is 9.10. The van der Waals surface area contributed by atoms with E-state index >= 15 is 0 Å². The Hall–Kier alpha value is -3.12.